The van der Waals surface area contributed by atoms with Gasteiger partial charge in [0.05, 0.1) is 29.4 Å². The summed E-state index contributed by atoms with van der Waals surface area (Å²) in [4.78, 5) is 35.2. The summed E-state index contributed by atoms with van der Waals surface area (Å²) in [5, 5.41) is 9.90. The second-order valence-electron chi connectivity index (χ2n) is 9.92. The number of hydrogen-bond acceptors (Lipinski definition) is 7. The summed E-state index contributed by atoms with van der Waals surface area (Å²) in [6.07, 6.45) is -1.77. The number of aromatic nitrogens is 3. The van der Waals surface area contributed by atoms with Gasteiger partial charge in [0.2, 0.25) is 5.91 Å². The van der Waals surface area contributed by atoms with Gasteiger partial charge in [-0.25, -0.2) is 18.9 Å². The van der Waals surface area contributed by atoms with Gasteiger partial charge in [0.1, 0.15) is 17.9 Å². The highest BCUT2D eigenvalue weighted by molar-refractivity contribution is 8.15. The summed E-state index contributed by atoms with van der Waals surface area (Å²) >= 11 is 1.16. The van der Waals surface area contributed by atoms with Gasteiger partial charge in [-0.2, -0.15) is 4.99 Å². The van der Waals surface area contributed by atoms with Gasteiger partial charge in [0, 0.05) is 5.69 Å². The summed E-state index contributed by atoms with van der Waals surface area (Å²) < 4.78 is 57.2. The molecule has 0 bridgehead atoms. The van der Waals surface area contributed by atoms with Crippen LogP contribution >= 0.6 is 11.8 Å². The molecular formula is C30H27F4N7O3S. The Balaban J connectivity index is 1.21. The van der Waals surface area contributed by atoms with Crippen LogP contribution in [0.15, 0.2) is 72.0 Å². The van der Waals surface area contributed by atoms with Gasteiger partial charge in [-0.1, -0.05) is 37.2 Å². The maximum Gasteiger partial charge on any atom is 0.573 e. The number of carbonyl (C=O) groups is 2. The Kier molecular flexibility index (Phi) is 9.37. The zero-order valence-corrected chi connectivity index (χ0v) is 24.9. The van der Waals surface area contributed by atoms with Gasteiger partial charge in [0.15, 0.2) is 11.0 Å². The molecule has 3 amide bonds. The quantitative estimate of drug-likeness (QED) is 0.192. The molecule has 1 fully saturated rings. The lowest BCUT2D eigenvalue weighted by atomic mass is 10.0. The van der Waals surface area contributed by atoms with Gasteiger partial charge in [-0.3, -0.25) is 9.69 Å². The third-order valence-electron chi connectivity index (χ3n) is 6.50. The van der Waals surface area contributed by atoms with E-state index in [9.17, 15) is 27.2 Å². The smallest absolute Gasteiger partial charge is 0.406 e. The molecule has 0 radical (unpaired) electrons. The van der Waals surface area contributed by atoms with Crippen LogP contribution in [0.5, 0.6) is 5.75 Å². The highest BCUT2D eigenvalue weighted by atomic mass is 32.2. The largest absolute Gasteiger partial charge is 0.573 e. The summed E-state index contributed by atoms with van der Waals surface area (Å²) in [6, 6.07) is 14.2. The van der Waals surface area contributed by atoms with Crippen molar-refractivity contribution in [1.82, 2.24) is 14.8 Å². The van der Waals surface area contributed by atoms with E-state index in [1.165, 1.54) is 40.2 Å². The fourth-order valence-electron chi connectivity index (χ4n) is 4.50. The molecule has 3 aromatic carbocycles. The molecule has 0 spiro atoms. The second-order valence-corrected chi connectivity index (χ2v) is 10.9. The van der Waals surface area contributed by atoms with E-state index in [-0.39, 0.29) is 40.5 Å². The number of amidine groups is 1. The first-order valence-electron chi connectivity index (χ1n) is 13.7. The van der Waals surface area contributed by atoms with Crippen molar-refractivity contribution >= 4 is 45.9 Å². The molecule has 1 saturated heterocycles. The molecule has 2 heterocycles. The Morgan fingerprint density at radius 3 is 2.60 bits per heavy atom. The molecular weight excluding hydrogens is 614 g/mol. The predicted molar refractivity (Wildman–Crippen MR) is 163 cm³/mol. The lowest BCUT2D eigenvalue weighted by Gasteiger charge is -2.20. The number of alkyl halides is 3. The van der Waals surface area contributed by atoms with Crippen LogP contribution in [-0.4, -0.2) is 44.0 Å². The zero-order chi connectivity index (χ0) is 32.1. The van der Waals surface area contributed by atoms with E-state index in [2.05, 4.69) is 30.4 Å². The SMILES string of the molecule is CCCc1ccc(C)cc1N1C(=O)CS/C1=N\C(=O)Nc1ccc(NCc2ncn(-c3ccc(OC(F)(F)F)cc3)n2)c(F)c1. The third-order valence-corrected chi connectivity index (χ3v) is 7.42. The minimum Gasteiger partial charge on any atom is -0.406 e. The first-order chi connectivity index (χ1) is 21.5. The number of carbonyl (C=O) groups excluding carboxylic acids is 2. The summed E-state index contributed by atoms with van der Waals surface area (Å²) in [5.74, 6) is -0.757. The van der Waals surface area contributed by atoms with E-state index >= 15 is 0 Å². The van der Waals surface area contributed by atoms with Crippen molar-refractivity contribution in [1.29, 1.82) is 0 Å². The lowest BCUT2D eigenvalue weighted by molar-refractivity contribution is -0.274. The van der Waals surface area contributed by atoms with Gasteiger partial charge in [0.25, 0.3) is 0 Å². The first kappa shape index (κ1) is 31.5. The second kappa shape index (κ2) is 13.4. The molecule has 0 unspecified atom stereocenters. The molecule has 1 aliphatic heterocycles. The van der Waals surface area contributed by atoms with Crippen LogP contribution < -0.4 is 20.3 Å². The van der Waals surface area contributed by atoms with E-state index in [0.29, 0.717) is 17.2 Å². The van der Waals surface area contributed by atoms with E-state index in [0.717, 1.165) is 53.9 Å². The molecule has 2 N–H and O–H groups in total. The minimum atomic E-state index is -4.79. The first-order valence-corrected chi connectivity index (χ1v) is 14.7. The van der Waals surface area contributed by atoms with E-state index in [4.69, 9.17) is 0 Å². The van der Waals surface area contributed by atoms with Crippen LogP contribution in [0.3, 0.4) is 0 Å². The van der Waals surface area contributed by atoms with Gasteiger partial charge >= 0.3 is 12.4 Å². The Morgan fingerprint density at radius 2 is 1.89 bits per heavy atom. The summed E-state index contributed by atoms with van der Waals surface area (Å²) in [5.41, 5.74) is 3.38. The molecule has 4 aromatic rings. The summed E-state index contributed by atoms with van der Waals surface area (Å²) in [6.45, 7) is 4.01. The number of aryl methyl sites for hydroxylation is 2. The number of aliphatic imine (C=N–C) groups is 1. The number of anilines is 3. The standard InChI is InChI=1S/C30H27F4N7O3S/c1-3-4-19-6-5-18(2)13-25(19)41-27(42)16-45-29(41)38-28(43)37-20-7-12-24(23(31)14-20)35-15-26-36-17-40(39-26)21-8-10-22(11-9-21)44-30(32,33)34/h5-14,17,35H,3-4,15-16H2,1-2H3,(H,37,43)/b38-29-. The number of amides is 3. The van der Waals surface area contributed by atoms with Crippen LogP contribution in [0, 0.1) is 12.7 Å². The third kappa shape index (κ3) is 7.98. The number of benzene rings is 3. The van der Waals surface area contributed by atoms with E-state index in [1.807, 2.05) is 32.0 Å². The van der Waals surface area contributed by atoms with Crippen LogP contribution in [0.4, 0.5) is 39.4 Å². The molecule has 0 aliphatic carbocycles. The fraction of sp³-hybridized carbons (Fsp3) is 0.233. The Labute approximate surface area is 259 Å². The lowest BCUT2D eigenvalue weighted by Crippen LogP contribution is -2.31. The average Bonchev–Trinajstić information content (AvgIpc) is 3.59. The summed E-state index contributed by atoms with van der Waals surface area (Å²) in [7, 11) is 0. The van der Waals surface area contributed by atoms with Crippen molar-refractivity contribution < 1.29 is 31.9 Å². The zero-order valence-electron chi connectivity index (χ0n) is 24.1. The molecule has 234 valence electrons. The minimum absolute atomic E-state index is 0.0403. The van der Waals surface area contributed by atoms with Crippen LogP contribution in [0.2, 0.25) is 0 Å². The molecule has 0 atom stereocenters. The maximum absolute atomic E-state index is 14.9. The Bertz CT molecular complexity index is 1740. The number of thioether (sulfide) groups is 1. The normalized spacial score (nSPS) is 14.2. The Morgan fingerprint density at radius 1 is 1.11 bits per heavy atom. The number of nitrogens with one attached hydrogen (secondary N) is 2. The number of ether oxygens (including phenoxy) is 1. The van der Waals surface area contributed by atoms with Crippen molar-refractivity contribution in [2.75, 3.05) is 21.3 Å². The molecule has 5 rings (SSSR count). The maximum atomic E-state index is 14.9. The number of urea groups is 1. The molecule has 45 heavy (non-hydrogen) atoms. The van der Waals surface area contributed by atoms with Gasteiger partial charge < -0.3 is 15.4 Å². The van der Waals surface area contributed by atoms with Gasteiger partial charge in [-0.15, -0.1) is 18.3 Å². The van der Waals surface area contributed by atoms with Crippen molar-refractivity contribution in [3.63, 3.8) is 0 Å². The van der Waals surface area contributed by atoms with Crippen molar-refractivity contribution in [2.24, 2.45) is 4.99 Å². The van der Waals surface area contributed by atoms with Crippen molar-refractivity contribution in [3.8, 4) is 11.4 Å². The number of hydrogen-bond donors (Lipinski definition) is 2. The van der Waals surface area contributed by atoms with Crippen molar-refractivity contribution in [2.45, 2.75) is 39.6 Å². The van der Waals surface area contributed by atoms with Crippen LogP contribution in [-0.2, 0) is 17.8 Å². The topological polar surface area (TPSA) is 114 Å². The van der Waals surface area contributed by atoms with Crippen LogP contribution in [0.25, 0.3) is 5.69 Å². The number of rotatable bonds is 9. The van der Waals surface area contributed by atoms with Crippen LogP contribution in [0.1, 0.15) is 30.3 Å². The monoisotopic (exact) mass is 641 g/mol. The average molecular weight is 642 g/mol. The highest BCUT2D eigenvalue weighted by Crippen LogP contribution is 2.32. The molecule has 15 heteroatoms. The molecule has 1 aliphatic rings. The molecule has 1 aromatic heterocycles. The van der Waals surface area contributed by atoms with Gasteiger partial charge in [-0.05, 0) is 73.0 Å². The highest BCUT2D eigenvalue weighted by Gasteiger charge is 2.32. The molecule has 10 nitrogen and oxygen atoms in total. The fourth-order valence-corrected chi connectivity index (χ4v) is 5.35. The van der Waals surface area contributed by atoms with E-state index < -0.39 is 18.2 Å². The number of nitrogens with zero attached hydrogens (tertiary/aromatic N) is 5. The van der Waals surface area contributed by atoms with E-state index in [1.54, 1.807) is 0 Å². The molecule has 0 saturated carbocycles. The van der Waals surface area contributed by atoms with Crippen molar-refractivity contribution in [3.05, 3.63) is 89.8 Å². The Hall–Kier alpha value is -4.92. The predicted octanol–water partition coefficient (Wildman–Crippen LogP) is 6.85. The number of halogens is 4.